The van der Waals surface area contributed by atoms with Crippen molar-refractivity contribution in [3.05, 3.63) is 11.7 Å². The van der Waals surface area contributed by atoms with Crippen LogP contribution in [-0.4, -0.2) is 34.7 Å². The fraction of sp³-hybridized carbons (Fsp3) is 0.778. The summed E-state index contributed by atoms with van der Waals surface area (Å²) in [5.74, 6) is 2.05. The van der Waals surface area contributed by atoms with Crippen LogP contribution in [0.5, 0.6) is 0 Å². The third-order valence-electron chi connectivity index (χ3n) is 2.64. The predicted octanol–water partition coefficient (Wildman–Crippen LogP) is 0.159. The molecule has 1 atom stereocenters. The molecule has 1 saturated heterocycles. The maximum atomic E-state index is 5.62. The highest BCUT2D eigenvalue weighted by Crippen LogP contribution is 2.16. The van der Waals surface area contributed by atoms with Crippen LogP contribution in [0.15, 0.2) is 4.52 Å². The highest BCUT2D eigenvalue weighted by atomic mass is 16.5. The Kier molecular flexibility index (Phi) is 2.79. The van der Waals surface area contributed by atoms with Crippen molar-refractivity contribution in [2.75, 3.05) is 19.6 Å². The molecule has 1 unspecified atom stereocenters. The van der Waals surface area contributed by atoms with Crippen molar-refractivity contribution < 1.29 is 4.52 Å². The second-order valence-corrected chi connectivity index (χ2v) is 3.86. The Morgan fingerprint density at radius 3 is 3.07 bits per heavy atom. The van der Waals surface area contributed by atoms with E-state index in [1.165, 1.54) is 6.42 Å². The van der Waals surface area contributed by atoms with Gasteiger partial charge in [0.25, 0.3) is 0 Å². The third-order valence-corrected chi connectivity index (χ3v) is 2.64. The van der Waals surface area contributed by atoms with Crippen molar-refractivity contribution in [3.8, 4) is 0 Å². The Hall–Kier alpha value is -0.940. The molecule has 0 aliphatic carbocycles. The molecule has 0 amide bonds. The van der Waals surface area contributed by atoms with Gasteiger partial charge in [-0.2, -0.15) is 4.98 Å². The zero-order valence-corrected chi connectivity index (χ0v) is 8.44. The summed E-state index contributed by atoms with van der Waals surface area (Å²) in [6, 6.07) is 0. The largest absolute Gasteiger partial charge is 0.340 e. The molecule has 0 bridgehead atoms. The van der Waals surface area contributed by atoms with Gasteiger partial charge in [-0.3, -0.25) is 4.90 Å². The summed E-state index contributed by atoms with van der Waals surface area (Å²) in [4.78, 5) is 6.50. The van der Waals surface area contributed by atoms with Gasteiger partial charge in [0, 0.05) is 13.5 Å². The molecule has 1 aromatic heterocycles. The first-order valence-corrected chi connectivity index (χ1v) is 4.99. The molecular formula is C9H16N4O. The van der Waals surface area contributed by atoms with E-state index in [4.69, 9.17) is 10.3 Å². The molecule has 78 valence electrons. The van der Waals surface area contributed by atoms with Crippen LogP contribution in [0.2, 0.25) is 0 Å². The number of aryl methyl sites for hydroxylation is 1. The fourth-order valence-electron chi connectivity index (χ4n) is 1.85. The maximum absolute atomic E-state index is 5.62. The van der Waals surface area contributed by atoms with Gasteiger partial charge in [-0.25, -0.2) is 0 Å². The summed E-state index contributed by atoms with van der Waals surface area (Å²) >= 11 is 0. The zero-order valence-electron chi connectivity index (χ0n) is 8.44. The average molecular weight is 196 g/mol. The molecule has 2 rings (SSSR count). The van der Waals surface area contributed by atoms with Crippen LogP contribution in [0.25, 0.3) is 0 Å². The zero-order chi connectivity index (χ0) is 9.97. The number of likely N-dealkylation sites (tertiary alicyclic amines) is 1. The minimum absolute atomic E-state index is 0.634. The summed E-state index contributed by atoms with van der Waals surface area (Å²) in [5, 5.41) is 3.87. The van der Waals surface area contributed by atoms with Crippen molar-refractivity contribution in [1.82, 2.24) is 15.0 Å². The Bertz CT molecular complexity index is 299. The molecule has 1 aromatic rings. The van der Waals surface area contributed by atoms with Gasteiger partial charge < -0.3 is 10.3 Å². The van der Waals surface area contributed by atoms with E-state index in [9.17, 15) is 0 Å². The van der Waals surface area contributed by atoms with Crippen LogP contribution in [0, 0.1) is 12.8 Å². The van der Waals surface area contributed by atoms with Gasteiger partial charge >= 0.3 is 0 Å². The smallest absolute Gasteiger partial charge is 0.223 e. The van der Waals surface area contributed by atoms with Gasteiger partial charge in [-0.1, -0.05) is 5.16 Å². The lowest BCUT2D eigenvalue weighted by molar-refractivity contribution is 0.300. The molecule has 1 aliphatic rings. The summed E-state index contributed by atoms with van der Waals surface area (Å²) in [5.41, 5.74) is 5.62. The standard InChI is InChI=1S/C9H16N4O/c1-7-11-9(12-14-7)6-13-3-2-8(4-10)5-13/h8H,2-6,10H2,1H3. The van der Waals surface area contributed by atoms with Gasteiger partial charge in [0.2, 0.25) is 5.89 Å². The van der Waals surface area contributed by atoms with Gasteiger partial charge in [0.1, 0.15) is 0 Å². The second kappa shape index (κ2) is 4.06. The summed E-state index contributed by atoms with van der Waals surface area (Å²) in [6.45, 7) is 5.53. The van der Waals surface area contributed by atoms with Crippen LogP contribution < -0.4 is 5.73 Å². The second-order valence-electron chi connectivity index (χ2n) is 3.86. The minimum atomic E-state index is 0.634. The Morgan fingerprint density at radius 2 is 2.50 bits per heavy atom. The molecule has 14 heavy (non-hydrogen) atoms. The van der Waals surface area contributed by atoms with Crippen molar-refractivity contribution in [1.29, 1.82) is 0 Å². The van der Waals surface area contributed by atoms with E-state index in [1.807, 2.05) is 6.92 Å². The van der Waals surface area contributed by atoms with Crippen molar-refractivity contribution in [2.24, 2.45) is 11.7 Å². The van der Waals surface area contributed by atoms with Crippen molar-refractivity contribution in [2.45, 2.75) is 19.9 Å². The van der Waals surface area contributed by atoms with E-state index >= 15 is 0 Å². The molecule has 1 fully saturated rings. The molecule has 0 aromatic carbocycles. The molecule has 5 nitrogen and oxygen atoms in total. The number of hydrogen-bond donors (Lipinski definition) is 1. The quantitative estimate of drug-likeness (QED) is 0.745. The molecule has 0 radical (unpaired) electrons. The SMILES string of the molecule is Cc1nc(CN2CCC(CN)C2)no1. The van der Waals surface area contributed by atoms with E-state index in [1.54, 1.807) is 0 Å². The number of rotatable bonds is 3. The van der Waals surface area contributed by atoms with E-state index in [2.05, 4.69) is 15.0 Å². The lowest BCUT2D eigenvalue weighted by Gasteiger charge is -2.12. The number of aromatic nitrogens is 2. The van der Waals surface area contributed by atoms with Crippen LogP contribution in [0.1, 0.15) is 18.1 Å². The predicted molar refractivity (Wildman–Crippen MR) is 51.5 cm³/mol. The fourth-order valence-corrected chi connectivity index (χ4v) is 1.85. The van der Waals surface area contributed by atoms with Crippen LogP contribution in [0.4, 0.5) is 0 Å². The van der Waals surface area contributed by atoms with Crippen LogP contribution in [-0.2, 0) is 6.54 Å². The highest BCUT2D eigenvalue weighted by Gasteiger charge is 2.22. The van der Waals surface area contributed by atoms with Crippen molar-refractivity contribution in [3.63, 3.8) is 0 Å². The summed E-state index contributed by atoms with van der Waals surface area (Å²) in [6.07, 6.45) is 1.19. The molecule has 2 heterocycles. The third kappa shape index (κ3) is 2.10. The minimum Gasteiger partial charge on any atom is -0.340 e. The van der Waals surface area contributed by atoms with E-state index in [-0.39, 0.29) is 0 Å². The van der Waals surface area contributed by atoms with Crippen molar-refractivity contribution >= 4 is 0 Å². The topological polar surface area (TPSA) is 68.2 Å². The first-order chi connectivity index (χ1) is 6.78. The highest BCUT2D eigenvalue weighted by molar-refractivity contribution is 4.86. The van der Waals surface area contributed by atoms with Gasteiger partial charge in [-0.05, 0) is 25.4 Å². The Balaban J connectivity index is 1.87. The molecular weight excluding hydrogens is 180 g/mol. The molecule has 1 aliphatic heterocycles. The average Bonchev–Trinajstić information content (AvgIpc) is 2.76. The molecule has 2 N–H and O–H groups in total. The number of hydrogen-bond acceptors (Lipinski definition) is 5. The van der Waals surface area contributed by atoms with E-state index in [0.29, 0.717) is 11.8 Å². The lowest BCUT2D eigenvalue weighted by Crippen LogP contribution is -2.23. The monoisotopic (exact) mass is 196 g/mol. The summed E-state index contributed by atoms with van der Waals surface area (Å²) in [7, 11) is 0. The molecule has 5 heteroatoms. The van der Waals surface area contributed by atoms with Gasteiger partial charge in [-0.15, -0.1) is 0 Å². The number of nitrogens with zero attached hydrogens (tertiary/aromatic N) is 3. The van der Waals surface area contributed by atoms with Gasteiger partial charge in [0.15, 0.2) is 5.82 Å². The first kappa shape index (κ1) is 9.61. The summed E-state index contributed by atoms with van der Waals surface area (Å²) < 4.78 is 4.92. The first-order valence-electron chi connectivity index (χ1n) is 4.99. The normalized spacial score (nSPS) is 23.1. The maximum Gasteiger partial charge on any atom is 0.223 e. The lowest BCUT2D eigenvalue weighted by atomic mass is 10.1. The van der Waals surface area contributed by atoms with Crippen LogP contribution in [0.3, 0.4) is 0 Å². The molecule has 0 spiro atoms. The Morgan fingerprint density at radius 1 is 1.64 bits per heavy atom. The van der Waals surface area contributed by atoms with Gasteiger partial charge in [0.05, 0.1) is 6.54 Å². The number of nitrogens with two attached hydrogens (primary N) is 1. The van der Waals surface area contributed by atoms with Crippen LogP contribution >= 0.6 is 0 Å². The van der Waals surface area contributed by atoms with E-state index < -0.39 is 0 Å². The van der Waals surface area contributed by atoms with E-state index in [0.717, 1.165) is 32.0 Å². The Labute approximate surface area is 83.3 Å². The molecule has 0 saturated carbocycles.